The highest BCUT2D eigenvalue weighted by Crippen LogP contribution is 2.22. The van der Waals surface area contributed by atoms with Gasteiger partial charge in [-0.05, 0) is 23.3 Å². The second kappa shape index (κ2) is 11.5. The Kier molecular flexibility index (Phi) is 8.20. The standard InChI is InChI=1S/C25H26N2O4/c1-30-23-15-9-8-14-22(23)26-24(28)19-31-25(29)18-27(16-20-10-4-2-5-11-20)17-21-12-6-3-7-13-21/h2-15H,16-19H2,1H3,(H,26,28). The van der Waals surface area contributed by atoms with Gasteiger partial charge in [-0.2, -0.15) is 0 Å². The van der Waals surface area contributed by atoms with Crippen molar-refractivity contribution in [1.29, 1.82) is 0 Å². The number of hydrogen-bond donors (Lipinski definition) is 1. The zero-order valence-corrected chi connectivity index (χ0v) is 17.5. The number of benzene rings is 3. The number of carbonyl (C=O) groups excluding carboxylic acids is 2. The third kappa shape index (κ3) is 7.28. The average Bonchev–Trinajstić information content (AvgIpc) is 2.79. The number of anilines is 1. The molecule has 3 aromatic rings. The van der Waals surface area contributed by atoms with Crippen LogP contribution in [0.2, 0.25) is 0 Å². The molecular weight excluding hydrogens is 392 g/mol. The summed E-state index contributed by atoms with van der Waals surface area (Å²) in [6.07, 6.45) is 0. The molecule has 6 nitrogen and oxygen atoms in total. The quantitative estimate of drug-likeness (QED) is 0.506. The van der Waals surface area contributed by atoms with Gasteiger partial charge in [-0.1, -0.05) is 72.8 Å². The van der Waals surface area contributed by atoms with Crippen molar-refractivity contribution >= 4 is 17.6 Å². The monoisotopic (exact) mass is 418 g/mol. The predicted molar refractivity (Wildman–Crippen MR) is 120 cm³/mol. The average molecular weight is 418 g/mol. The van der Waals surface area contributed by atoms with E-state index in [-0.39, 0.29) is 13.2 Å². The van der Waals surface area contributed by atoms with Crippen molar-refractivity contribution < 1.29 is 19.1 Å². The molecule has 0 heterocycles. The molecule has 6 heteroatoms. The maximum absolute atomic E-state index is 12.4. The molecule has 3 rings (SSSR count). The van der Waals surface area contributed by atoms with E-state index in [0.29, 0.717) is 24.5 Å². The molecular formula is C25H26N2O4. The summed E-state index contributed by atoms with van der Waals surface area (Å²) < 4.78 is 10.4. The minimum Gasteiger partial charge on any atom is -0.495 e. The normalized spacial score (nSPS) is 10.5. The molecule has 31 heavy (non-hydrogen) atoms. The van der Waals surface area contributed by atoms with Crippen molar-refractivity contribution in [3.63, 3.8) is 0 Å². The molecule has 0 saturated heterocycles. The maximum Gasteiger partial charge on any atom is 0.320 e. The van der Waals surface area contributed by atoms with Gasteiger partial charge in [0.15, 0.2) is 6.61 Å². The number of amides is 1. The van der Waals surface area contributed by atoms with Crippen LogP contribution in [0.15, 0.2) is 84.9 Å². The Bertz CT molecular complexity index is 936. The molecule has 0 atom stereocenters. The van der Waals surface area contributed by atoms with Crippen LogP contribution in [-0.4, -0.2) is 37.0 Å². The van der Waals surface area contributed by atoms with Gasteiger partial charge in [0.1, 0.15) is 5.75 Å². The fourth-order valence-electron chi connectivity index (χ4n) is 3.16. The molecule has 0 spiro atoms. The fourth-order valence-corrected chi connectivity index (χ4v) is 3.16. The summed E-state index contributed by atoms with van der Waals surface area (Å²) in [5.74, 6) is -0.336. The van der Waals surface area contributed by atoms with Crippen LogP contribution in [-0.2, 0) is 27.4 Å². The first kappa shape index (κ1) is 22.1. The summed E-state index contributed by atoms with van der Waals surface area (Å²) in [6.45, 7) is 0.906. The first-order chi connectivity index (χ1) is 15.1. The van der Waals surface area contributed by atoms with Gasteiger partial charge in [0.05, 0.1) is 19.3 Å². The molecule has 1 N–H and O–H groups in total. The topological polar surface area (TPSA) is 67.9 Å². The van der Waals surface area contributed by atoms with Crippen LogP contribution in [0.4, 0.5) is 5.69 Å². The Morgan fingerprint density at radius 1 is 0.806 bits per heavy atom. The lowest BCUT2D eigenvalue weighted by atomic mass is 10.1. The molecule has 0 aromatic heterocycles. The van der Waals surface area contributed by atoms with E-state index in [2.05, 4.69) is 5.32 Å². The number of methoxy groups -OCH3 is 1. The van der Waals surface area contributed by atoms with Gasteiger partial charge in [-0.3, -0.25) is 14.5 Å². The number of hydrogen-bond acceptors (Lipinski definition) is 5. The molecule has 3 aromatic carbocycles. The van der Waals surface area contributed by atoms with Gasteiger partial charge < -0.3 is 14.8 Å². The third-order valence-electron chi connectivity index (χ3n) is 4.60. The van der Waals surface area contributed by atoms with Crippen molar-refractivity contribution in [2.45, 2.75) is 13.1 Å². The Morgan fingerprint density at radius 2 is 1.35 bits per heavy atom. The van der Waals surface area contributed by atoms with Crippen LogP contribution in [0.1, 0.15) is 11.1 Å². The second-order valence-electron chi connectivity index (χ2n) is 7.03. The van der Waals surface area contributed by atoms with E-state index in [0.717, 1.165) is 11.1 Å². The third-order valence-corrected chi connectivity index (χ3v) is 4.60. The second-order valence-corrected chi connectivity index (χ2v) is 7.03. The highest BCUT2D eigenvalue weighted by Gasteiger charge is 2.15. The molecule has 0 bridgehead atoms. The number of carbonyl (C=O) groups is 2. The van der Waals surface area contributed by atoms with E-state index in [1.807, 2.05) is 71.6 Å². The van der Waals surface area contributed by atoms with E-state index in [1.165, 1.54) is 7.11 Å². The summed E-state index contributed by atoms with van der Waals surface area (Å²) in [5, 5.41) is 2.70. The molecule has 0 unspecified atom stereocenters. The van der Waals surface area contributed by atoms with Gasteiger partial charge in [-0.25, -0.2) is 0 Å². The zero-order valence-electron chi connectivity index (χ0n) is 17.5. The largest absolute Gasteiger partial charge is 0.495 e. The SMILES string of the molecule is COc1ccccc1NC(=O)COC(=O)CN(Cc1ccccc1)Cc1ccccc1. The molecule has 0 saturated carbocycles. The number of esters is 1. The van der Waals surface area contributed by atoms with E-state index in [9.17, 15) is 9.59 Å². The Morgan fingerprint density at radius 3 is 1.94 bits per heavy atom. The molecule has 1 amide bonds. The van der Waals surface area contributed by atoms with Crippen LogP contribution >= 0.6 is 0 Å². The lowest BCUT2D eigenvalue weighted by Gasteiger charge is -2.21. The molecule has 0 aliphatic heterocycles. The van der Waals surface area contributed by atoms with Crippen molar-refractivity contribution in [1.82, 2.24) is 4.90 Å². The van der Waals surface area contributed by atoms with E-state index < -0.39 is 11.9 Å². The molecule has 0 aliphatic rings. The Balaban J connectivity index is 1.55. The van der Waals surface area contributed by atoms with Crippen LogP contribution in [0.3, 0.4) is 0 Å². The summed E-state index contributed by atoms with van der Waals surface area (Å²) in [6, 6.07) is 26.9. The number of rotatable bonds is 10. The van der Waals surface area contributed by atoms with Gasteiger partial charge in [0.25, 0.3) is 5.91 Å². The van der Waals surface area contributed by atoms with E-state index in [1.54, 1.807) is 18.2 Å². The summed E-state index contributed by atoms with van der Waals surface area (Å²) in [4.78, 5) is 26.6. The highest BCUT2D eigenvalue weighted by atomic mass is 16.5. The zero-order chi connectivity index (χ0) is 21.9. The van der Waals surface area contributed by atoms with Crippen LogP contribution in [0, 0.1) is 0 Å². The van der Waals surface area contributed by atoms with Crippen LogP contribution in [0.5, 0.6) is 5.75 Å². The predicted octanol–water partition coefficient (Wildman–Crippen LogP) is 3.88. The van der Waals surface area contributed by atoms with Gasteiger partial charge in [-0.15, -0.1) is 0 Å². The van der Waals surface area contributed by atoms with E-state index in [4.69, 9.17) is 9.47 Å². The minimum atomic E-state index is -0.456. The first-order valence-electron chi connectivity index (χ1n) is 10.0. The van der Waals surface area contributed by atoms with Crippen LogP contribution < -0.4 is 10.1 Å². The fraction of sp³-hybridized carbons (Fsp3) is 0.200. The van der Waals surface area contributed by atoms with Crippen molar-refractivity contribution in [3.05, 3.63) is 96.1 Å². The number of para-hydroxylation sites is 2. The Labute approximate surface area is 182 Å². The Hall–Kier alpha value is -3.64. The van der Waals surface area contributed by atoms with Gasteiger partial charge in [0.2, 0.25) is 0 Å². The number of ether oxygens (including phenoxy) is 2. The summed E-state index contributed by atoms with van der Waals surface area (Å²) >= 11 is 0. The molecule has 0 fully saturated rings. The van der Waals surface area contributed by atoms with E-state index >= 15 is 0 Å². The molecule has 0 radical (unpaired) electrons. The first-order valence-corrected chi connectivity index (χ1v) is 10.0. The van der Waals surface area contributed by atoms with Gasteiger partial charge >= 0.3 is 5.97 Å². The van der Waals surface area contributed by atoms with Crippen molar-refractivity contribution in [2.24, 2.45) is 0 Å². The number of nitrogens with zero attached hydrogens (tertiary/aromatic N) is 1. The summed E-state index contributed by atoms with van der Waals surface area (Å²) in [7, 11) is 1.53. The molecule has 0 aliphatic carbocycles. The minimum absolute atomic E-state index is 0.0751. The lowest BCUT2D eigenvalue weighted by Crippen LogP contribution is -2.32. The van der Waals surface area contributed by atoms with Crippen molar-refractivity contribution in [2.75, 3.05) is 25.6 Å². The lowest BCUT2D eigenvalue weighted by molar-refractivity contribution is -0.148. The molecule has 160 valence electrons. The summed E-state index contributed by atoms with van der Waals surface area (Å²) in [5.41, 5.74) is 2.72. The van der Waals surface area contributed by atoms with Crippen LogP contribution in [0.25, 0.3) is 0 Å². The smallest absolute Gasteiger partial charge is 0.320 e. The maximum atomic E-state index is 12.4. The highest BCUT2D eigenvalue weighted by molar-refractivity contribution is 5.94. The number of nitrogens with one attached hydrogen (secondary N) is 1. The van der Waals surface area contributed by atoms with Gasteiger partial charge in [0, 0.05) is 13.1 Å². The van der Waals surface area contributed by atoms with Crippen molar-refractivity contribution in [3.8, 4) is 5.75 Å².